The van der Waals surface area contributed by atoms with Crippen molar-refractivity contribution in [1.29, 1.82) is 0 Å². The Labute approximate surface area is 124 Å². The molecule has 8 heteroatoms. The first kappa shape index (κ1) is 15.6. The molecule has 0 aliphatic rings. The largest absolute Gasteiger partial charge is 0.317 e. The van der Waals surface area contributed by atoms with Crippen LogP contribution in [-0.4, -0.2) is 30.2 Å². The van der Waals surface area contributed by atoms with Gasteiger partial charge in [0, 0.05) is 13.1 Å². The Balaban J connectivity index is 2.19. The van der Waals surface area contributed by atoms with Crippen LogP contribution in [0.1, 0.15) is 18.3 Å². The highest BCUT2D eigenvalue weighted by atomic mass is 32.2. The van der Waals surface area contributed by atoms with Crippen LogP contribution in [0.3, 0.4) is 0 Å². The van der Waals surface area contributed by atoms with Crippen LogP contribution in [0.5, 0.6) is 0 Å². The van der Waals surface area contributed by atoms with Crippen LogP contribution >= 0.6 is 0 Å². The molecule has 0 amide bonds. The highest BCUT2D eigenvalue weighted by Gasteiger charge is 2.18. The van der Waals surface area contributed by atoms with Gasteiger partial charge < -0.3 is 9.88 Å². The molecule has 0 aliphatic heterocycles. The Hall–Kier alpha value is -1.77. The summed E-state index contributed by atoms with van der Waals surface area (Å²) < 4.78 is 29.2. The molecule has 2 N–H and O–H groups in total. The predicted octanol–water partition coefficient (Wildman–Crippen LogP) is 0.496. The molecule has 1 aromatic heterocycles. The Morgan fingerprint density at radius 2 is 2.00 bits per heavy atom. The molecule has 114 valence electrons. The number of nitrogens with zero attached hydrogens (tertiary/aromatic N) is 3. The van der Waals surface area contributed by atoms with Gasteiger partial charge in [0.1, 0.15) is 12.2 Å². The maximum absolute atomic E-state index is 12.4. The van der Waals surface area contributed by atoms with E-state index in [0.29, 0.717) is 18.9 Å². The van der Waals surface area contributed by atoms with E-state index < -0.39 is 10.0 Å². The molecule has 0 spiro atoms. The fourth-order valence-corrected chi connectivity index (χ4v) is 3.24. The maximum Gasteiger partial charge on any atom is 0.241 e. The molecular weight excluding hydrogens is 290 g/mol. The van der Waals surface area contributed by atoms with E-state index in [1.165, 1.54) is 0 Å². The number of hydrogen-bond donors (Lipinski definition) is 2. The van der Waals surface area contributed by atoms with Crippen molar-refractivity contribution in [3.8, 4) is 0 Å². The van der Waals surface area contributed by atoms with E-state index >= 15 is 0 Å². The van der Waals surface area contributed by atoms with Crippen molar-refractivity contribution >= 4 is 10.0 Å². The molecule has 21 heavy (non-hydrogen) atoms. The lowest BCUT2D eigenvalue weighted by molar-refractivity contribution is 0.573. The number of sulfonamides is 1. The molecule has 2 rings (SSSR count). The minimum Gasteiger partial charge on any atom is -0.317 e. The summed E-state index contributed by atoms with van der Waals surface area (Å²) in [6, 6.07) is 6.92. The topological polar surface area (TPSA) is 88.9 Å². The van der Waals surface area contributed by atoms with Gasteiger partial charge >= 0.3 is 0 Å². The van der Waals surface area contributed by atoms with E-state index in [1.54, 1.807) is 36.1 Å². The van der Waals surface area contributed by atoms with Crippen LogP contribution < -0.4 is 10.0 Å². The average Bonchev–Trinajstić information content (AvgIpc) is 2.93. The average molecular weight is 309 g/mol. The lowest BCUT2D eigenvalue weighted by Gasteiger charge is -2.11. The van der Waals surface area contributed by atoms with E-state index in [0.717, 1.165) is 5.56 Å². The molecule has 0 saturated heterocycles. The molecule has 0 aliphatic carbocycles. The molecule has 0 radical (unpaired) electrons. The standard InChI is InChI=1S/C13H19N5O2S/c1-3-18-10-15-17-13(18)9-16-21(19,20)12-7-5-4-6-11(12)8-14-2/h4-7,10,14,16H,3,8-9H2,1-2H3. The number of nitrogens with one attached hydrogen (secondary N) is 2. The Bertz CT molecular complexity index is 696. The van der Waals surface area contributed by atoms with Gasteiger partial charge in [-0.2, -0.15) is 0 Å². The van der Waals surface area contributed by atoms with Gasteiger partial charge in [-0.1, -0.05) is 18.2 Å². The Morgan fingerprint density at radius 1 is 1.24 bits per heavy atom. The number of rotatable bonds is 7. The first-order valence-electron chi connectivity index (χ1n) is 6.67. The second-order valence-corrected chi connectivity index (χ2v) is 6.23. The third-order valence-corrected chi connectivity index (χ3v) is 4.59. The van der Waals surface area contributed by atoms with E-state index in [1.807, 2.05) is 13.0 Å². The molecule has 0 bridgehead atoms. The van der Waals surface area contributed by atoms with Gasteiger partial charge in [0.2, 0.25) is 10.0 Å². The number of aromatic nitrogens is 3. The van der Waals surface area contributed by atoms with Crippen molar-refractivity contribution in [2.24, 2.45) is 0 Å². The number of hydrogen-bond acceptors (Lipinski definition) is 5. The van der Waals surface area contributed by atoms with Gasteiger partial charge in [-0.3, -0.25) is 0 Å². The Morgan fingerprint density at radius 3 is 2.71 bits per heavy atom. The molecule has 0 atom stereocenters. The van der Waals surface area contributed by atoms with E-state index in [2.05, 4.69) is 20.2 Å². The summed E-state index contributed by atoms with van der Waals surface area (Å²) in [5.74, 6) is 0.590. The molecule has 0 fully saturated rings. The van der Waals surface area contributed by atoms with Crippen molar-refractivity contribution < 1.29 is 8.42 Å². The van der Waals surface area contributed by atoms with Gasteiger partial charge in [0.15, 0.2) is 0 Å². The zero-order chi connectivity index (χ0) is 15.3. The summed E-state index contributed by atoms with van der Waals surface area (Å²) in [7, 11) is -1.81. The van der Waals surface area contributed by atoms with Crippen LogP contribution in [0.2, 0.25) is 0 Å². The third-order valence-electron chi connectivity index (χ3n) is 3.09. The second kappa shape index (κ2) is 6.79. The third kappa shape index (κ3) is 3.66. The van der Waals surface area contributed by atoms with Crippen molar-refractivity contribution in [3.63, 3.8) is 0 Å². The van der Waals surface area contributed by atoms with Crippen molar-refractivity contribution in [3.05, 3.63) is 42.0 Å². The van der Waals surface area contributed by atoms with E-state index in [4.69, 9.17) is 0 Å². The fraction of sp³-hybridized carbons (Fsp3) is 0.385. The minimum absolute atomic E-state index is 0.115. The van der Waals surface area contributed by atoms with Crippen molar-refractivity contribution in [2.75, 3.05) is 7.05 Å². The lowest BCUT2D eigenvalue weighted by Crippen LogP contribution is -2.26. The first-order chi connectivity index (χ1) is 10.1. The van der Waals surface area contributed by atoms with Gasteiger partial charge in [0.05, 0.1) is 11.4 Å². The Kier molecular flexibility index (Phi) is 5.05. The fourth-order valence-electron chi connectivity index (χ4n) is 2.02. The summed E-state index contributed by atoms with van der Waals surface area (Å²) in [5.41, 5.74) is 0.726. The zero-order valence-electron chi connectivity index (χ0n) is 12.1. The van der Waals surface area contributed by atoms with Crippen LogP contribution in [-0.2, 0) is 29.7 Å². The highest BCUT2D eigenvalue weighted by molar-refractivity contribution is 7.89. The van der Waals surface area contributed by atoms with E-state index in [-0.39, 0.29) is 11.4 Å². The smallest absolute Gasteiger partial charge is 0.241 e. The van der Waals surface area contributed by atoms with Crippen LogP contribution in [0.15, 0.2) is 35.5 Å². The monoisotopic (exact) mass is 309 g/mol. The molecule has 2 aromatic rings. The maximum atomic E-state index is 12.4. The second-order valence-electron chi connectivity index (χ2n) is 4.50. The van der Waals surface area contributed by atoms with E-state index in [9.17, 15) is 8.42 Å². The van der Waals surface area contributed by atoms with Crippen LogP contribution in [0.25, 0.3) is 0 Å². The lowest BCUT2D eigenvalue weighted by atomic mass is 10.2. The molecule has 1 heterocycles. The molecular formula is C13H19N5O2S. The molecule has 7 nitrogen and oxygen atoms in total. The summed E-state index contributed by atoms with van der Waals surface area (Å²) in [4.78, 5) is 0.280. The number of benzene rings is 1. The van der Waals surface area contributed by atoms with Crippen molar-refractivity contribution in [2.45, 2.75) is 31.5 Å². The summed E-state index contributed by atoms with van der Waals surface area (Å²) in [6.07, 6.45) is 1.58. The molecule has 1 aromatic carbocycles. The van der Waals surface area contributed by atoms with Crippen molar-refractivity contribution in [1.82, 2.24) is 24.8 Å². The zero-order valence-corrected chi connectivity index (χ0v) is 12.9. The molecule has 0 saturated carbocycles. The van der Waals surface area contributed by atoms with Crippen LogP contribution in [0, 0.1) is 0 Å². The predicted molar refractivity (Wildman–Crippen MR) is 78.9 cm³/mol. The van der Waals surface area contributed by atoms with Gasteiger partial charge in [0.25, 0.3) is 0 Å². The SMILES string of the molecule is CCn1cnnc1CNS(=O)(=O)c1ccccc1CNC. The van der Waals surface area contributed by atoms with Gasteiger partial charge in [-0.25, -0.2) is 13.1 Å². The minimum atomic E-state index is -3.59. The summed E-state index contributed by atoms with van der Waals surface area (Å²) >= 11 is 0. The quantitative estimate of drug-likeness (QED) is 0.777. The number of aryl methyl sites for hydroxylation is 1. The van der Waals surface area contributed by atoms with Gasteiger partial charge in [-0.15, -0.1) is 10.2 Å². The first-order valence-corrected chi connectivity index (χ1v) is 8.15. The van der Waals surface area contributed by atoms with Gasteiger partial charge in [-0.05, 0) is 25.6 Å². The summed E-state index contributed by atoms with van der Waals surface area (Å²) in [5, 5.41) is 10.7. The summed E-state index contributed by atoms with van der Waals surface area (Å²) in [6.45, 7) is 3.25. The van der Waals surface area contributed by atoms with Crippen LogP contribution in [0.4, 0.5) is 0 Å². The molecule has 0 unspecified atom stereocenters. The normalized spacial score (nSPS) is 11.7. The highest BCUT2D eigenvalue weighted by Crippen LogP contribution is 2.15.